The molecule has 2 aliphatic heterocycles. The highest BCUT2D eigenvalue weighted by Crippen LogP contribution is 2.33. The lowest BCUT2D eigenvalue weighted by Crippen LogP contribution is -2.49. The number of hydrogen-bond acceptors (Lipinski definition) is 2. The van der Waals surface area contributed by atoms with Gasteiger partial charge in [-0.05, 0) is 56.9 Å². The van der Waals surface area contributed by atoms with Crippen LogP contribution in [-0.4, -0.2) is 36.5 Å². The molecule has 2 atom stereocenters. The third kappa shape index (κ3) is 2.81. The summed E-state index contributed by atoms with van der Waals surface area (Å²) in [5, 5.41) is 3.57. The number of nitrogens with zero attached hydrogens (tertiary/aromatic N) is 1. The Kier molecular flexibility index (Phi) is 4.11. The van der Waals surface area contributed by atoms with Gasteiger partial charge in [-0.15, -0.1) is 0 Å². The predicted molar refractivity (Wildman–Crippen MR) is 76.8 cm³/mol. The molecule has 2 heterocycles. The molecule has 0 aromatic rings. The van der Waals surface area contributed by atoms with Crippen LogP contribution >= 0.6 is 0 Å². The molecule has 0 aromatic carbocycles. The Morgan fingerprint density at radius 2 is 1.95 bits per heavy atom. The van der Waals surface area contributed by atoms with Gasteiger partial charge in [-0.1, -0.05) is 13.3 Å². The molecule has 1 amide bonds. The molecular weight excluding hydrogens is 236 g/mol. The second kappa shape index (κ2) is 5.82. The van der Waals surface area contributed by atoms with E-state index in [1.165, 1.54) is 32.1 Å². The molecule has 2 saturated heterocycles. The summed E-state index contributed by atoms with van der Waals surface area (Å²) in [6.45, 7) is 5.44. The van der Waals surface area contributed by atoms with Gasteiger partial charge in [-0.2, -0.15) is 0 Å². The Hall–Kier alpha value is -0.570. The first kappa shape index (κ1) is 13.4. The maximum Gasteiger partial charge on any atom is 0.225 e. The fourth-order valence-corrected chi connectivity index (χ4v) is 4.32. The number of amides is 1. The van der Waals surface area contributed by atoms with Gasteiger partial charge < -0.3 is 10.2 Å². The van der Waals surface area contributed by atoms with Gasteiger partial charge in [-0.3, -0.25) is 4.79 Å². The SMILES string of the molecule is CCC1CCC(C(=O)N2CCC3NCCC3C2)CC1. The Bertz CT molecular complexity index is 323. The highest BCUT2D eigenvalue weighted by Gasteiger charge is 2.36. The van der Waals surface area contributed by atoms with Crippen LogP contribution in [0, 0.1) is 17.8 Å². The van der Waals surface area contributed by atoms with Gasteiger partial charge in [0.1, 0.15) is 0 Å². The third-order valence-electron chi connectivity index (χ3n) is 5.74. The second-order valence-corrected chi connectivity index (χ2v) is 6.81. The van der Waals surface area contributed by atoms with Crippen molar-refractivity contribution in [3.63, 3.8) is 0 Å². The normalized spacial score (nSPS) is 39.1. The molecule has 3 nitrogen and oxygen atoms in total. The van der Waals surface area contributed by atoms with Gasteiger partial charge in [0.2, 0.25) is 5.91 Å². The van der Waals surface area contributed by atoms with Crippen LogP contribution in [0.3, 0.4) is 0 Å². The average molecular weight is 264 g/mol. The van der Waals surface area contributed by atoms with E-state index >= 15 is 0 Å². The minimum Gasteiger partial charge on any atom is -0.342 e. The van der Waals surface area contributed by atoms with E-state index in [0.29, 0.717) is 17.9 Å². The highest BCUT2D eigenvalue weighted by molar-refractivity contribution is 5.79. The van der Waals surface area contributed by atoms with Crippen LogP contribution in [0.1, 0.15) is 51.9 Å². The molecule has 0 aromatic heterocycles. The van der Waals surface area contributed by atoms with E-state index in [1.807, 2.05) is 0 Å². The van der Waals surface area contributed by atoms with Crippen molar-refractivity contribution in [2.45, 2.75) is 57.9 Å². The summed E-state index contributed by atoms with van der Waals surface area (Å²) in [5.41, 5.74) is 0. The van der Waals surface area contributed by atoms with E-state index in [0.717, 1.165) is 44.3 Å². The lowest BCUT2D eigenvalue weighted by molar-refractivity contribution is -0.138. The van der Waals surface area contributed by atoms with E-state index in [1.54, 1.807) is 0 Å². The number of piperidine rings is 1. The first-order chi connectivity index (χ1) is 9.28. The molecule has 2 unspecified atom stereocenters. The summed E-state index contributed by atoms with van der Waals surface area (Å²) >= 11 is 0. The second-order valence-electron chi connectivity index (χ2n) is 6.81. The van der Waals surface area contributed by atoms with Crippen LogP contribution in [0.5, 0.6) is 0 Å². The van der Waals surface area contributed by atoms with Crippen molar-refractivity contribution in [1.29, 1.82) is 0 Å². The zero-order valence-corrected chi connectivity index (χ0v) is 12.2. The molecule has 3 heteroatoms. The minimum absolute atomic E-state index is 0.341. The fraction of sp³-hybridized carbons (Fsp3) is 0.938. The van der Waals surface area contributed by atoms with Gasteiger partial charge in [0, 0.05) is 25.0 Å². The summed E-state index contributed by atoms with van der Waals surface area (Å²) in [6.07, 6.45) is 8.54. The van der Waals surface area contributed by atoms with Crippen molar-refractivity contribution in [1.82, 2.24) is 10.2 Å². The van der Waals surface area contributed by atoms with E-state index in [2.05, 4.69) is 17.1 Å². The maximum absolute atomic E-state index is 12.6. The number of likely N-dealkylation sites (tertiary alicyclic amines) is 1. The quantitative estimate of drug-likeness (QED) is 0.830. The fourth-order valence-electron chi connectivity index (χ4n) is 4.32. The van der Waals surface area contributed by atoms with Gasteiger partial charge in [-0.25, -0.2) is 0 Å². The Morgan fingerprint density at radius 1 is 1.16 bits per heavy atom. The molecular formula is C16H28N2O. The van der Waals surface area contributed by atoms with Crippen molar-refractivity contribution in [3.05, 3.63) is 0 Å². The van der Waals surface area contributed by atoms with Crippen LogP contribution in [0.4, 0.5) is 0 Å². The molecule has 3 rings (SSSR count). The Balaban J connectivity index is 1.53. The number of rotatable bonds is 2. The van der Waals surface area contributed by atoms with Crippen molar-refractivity contribution >= 4 is 5.91 Å². The summed E-state index contributed by atoms with van der Waals surface area (Å²) in [4.78, 5) is 14.8. The summed E-state index contributed by atoms with van der Waals surface area (Å²) < 4.78 is 0. The topological polar surface area (TPSA) is 32.3 Å². The van der Waals surface area contributed by atoms with Crippen LogP contribution in [0.15, 0.2) is 0 Å². The molecule has 0 radical (unpaired) electrons. The van der Waals surface area contributed by atoms with Crippen molar-refractivity contribution in [3.8, 4) is 0 Å². The standard InChI is InChI=1S/C16H28N2O/c1-2-12-3-5-13(6-4-12)16(19)18-10-8-15-14(11-18)7-9-17-15/h12-15,17H,2-11H2,1H3. The van der Waals surface area contributed by atoms with E-state index in [4.69, 9.17) is 0 Å². The average Bonchev–Trinajstić information content (AvgIpc) is 2.94. The number of nitrogens with one attached hydrogen (secondary N) is 1. The van der Waals surface area contributed by atoms with Gasteiger partial charge in [0.25, 0.3) is 0 Å². The number of fused-ring (bicyclic) bond motifs is 1. The molecule has 0 spiro atoms. The smallest absolute Gasteiger partial charge is 0.225 e. The third-order valence-corrected chi connectivity index (χ3v) is 5.74. The van der Waals surface area contributed by atoms with Gasteiger partial charge in [0.15, 0.2) is 0 Å². The predicted octanol–water partition coefficient (Wildman–Crippen LogP) is 2.41. The van der Waals surface area contributed by atoms with E-state index < -0.39 is 0 Å². The summed E-state index contributed by atoms with van der Waals surface area (Å²) in [5.74, 6) is 2.42. The summed E-state index contributed by atoms with van der Waals surface area (Å²) in [7, 11) is 0. The van der Waals surface area contributed by atoms with Crippen LogP contribution < -0.4 is 5.32 Å². The lowest BCUT2D eigenvalue weighted by Gasteiger charge is -2.38. The van der Waals surface area contributed by atoms with Gasteiger partial charge in [0.05, 0.1) is 0 Å². The zero-order chi connectivity index (χ0) is 13.2. The van der Waals surface area contributed by atoms with Crippen molar-refractivity contribution < 1.29 is 4.79 Å². The molecule has 3 fully saturated rings. The first-order valence-corrected chi connectivity index (χ1v) is 8.30. The Labute approximate surface area is 117 Å². The largest absolute Gasteiger partial charge is 0.342 e. The van der Waals surface area contributed by atoms with E-state index in [9.17, 15) is 4.79 Å². The monoisotopic (exact) mass is 264 g/mol. The number of carbonyl (C=O) groups excluding carboxylic acids is 1. The van der Waals surface area contributed by atoms with Crippen LogP contribution in [0.25, 0.3) is 0 Å². The molecule has 3 aliphatic rings. The molecule has 1 N–H and O–H groups in total. The van der Waals surface area contributed by atoms with Crippen molar-refractivity contribution in [2.24, 2.45) is 17.8 Å². The van der Waals surface area contributed by atoms with Crippen LogP contribution in [-0.2, 0) is 4.79 Å². The first-order valence-electron chi connectivity index (χ1n) is 8.30. The lowest BCUT2D eigenvalue weighted by atomic mass is 9.80. The Morgan fingerprint density at radius 3 is 2.68 bits per heavy atom. The van der Waals surface area contributed by atoms with Crippen molar-refractivity contribution in [2.75, 3.05) is 19.6 Å². The number of carbonyl (C=O) groups is 1. The maximum atomic E-state index is 12.6. The summed E-state index contributed by atoms with van der Waals surface area (Å²) in [6, 6.07) is 0.694. The molecule has 1 saturated carbocycles. The molecule has 19 heavy (non-hydrogen) atoms. The molecule has 108 valence electrons. The number of hydrogen-bond donors (Lipinski definition) is 1. The van der Waals surface area contributed by atoms with Gasteiger partial charge >= 0.3 is 0 Å². The zero-order valence-electron chi connectivity index (χ0n) is 12.2. The molecule has 1 aliphatic carbocycles. The molecule has 0 bridgehead atoms. The van der Waals surface area contributed by atoms with Crippen LogP contribution in [0.2, 0.25) is 0 Å². The van der Waals surface area contributed by atoms with E-state index in [-0.39, 0.29) is 0 Å². The minimum atomic E-state index is 0.341. The highest BCUT2D eigenvalue weighted by atomic mass is 16.2.